The number of methoxy groups -OCH3 is 2. The van der Waals surface area contributed by atoms with Crippen molar-refractivity contribution in [3.8, 4) is 17.2 Å². The molecule has 3 aliphatic rings. The van der Waals surface area contributed by atoms with Crippen molar-refractivity contribution in [2.75, 3.05) is 14.2 Å². The molecule has 1 saturated heterocycles. The Hall–Kier alpha value is -3.50. The summed E-state index contributed by atoms with van der Waals surface area (Å²) < 4.78 is 23.1. The molecular formula is C29H31NO8. The highest BCUT2D eigenvalue weighted by molar-refractivity contribution is 5.54. The van der Waals surface area contributed by atoms with E-state index in [9.17, 15) is 20.2 Å². The molecule has 2 aromatic carbocycles. The highest BCUT2D eigenvalue weighted by atomic mass is 16.6. The van der Waals surface area contributed by atoms with Gasteiger partial charge in [0, 0.05) is 0 Å². The minimum atomic E-state index is -2.36. The first-order valence-corrected chi connectivity index (χ1v) is 12.4. The van der Waals surface area contributed by atoms with Gasteiger partial charge in [-0.1, -0.05) is 24.3 Å². The van der Waals surface area contributed by atoms with Crippen LogP contribution >= 0.6 is 0 Å². The van der Waals surface area contributed by atoms with E-state index >= 15 is 0 Å². The lowest BCUT2D eigenvalue weighted by Crippen LogP contribution is -2.51. The first-order chi connectivity index (χ1) is 18.2. The predicted octanol–water partition coefficient (Wildman–Crippen LogP) is 4.91. The number of benzene rings is 2. The van der Waals surface area contributed by atoms with Crippen molar-refractivity contribution in [1.82, 2.24) is 0 Å². The number of aromatic hydroxyl groups is 1. The zero-order chi connectivity index (χ0) is 27.2. The summed E-state index contributed by atoms with van der Waals surface area (Å²) in [6.07, 6.45) is 1.91. The van der Waals surface area contributed by atoms with Crippen LogP contribution in [0.2, 0.25) is 0 Å². The molecule has 0 bridgehead atoms. The Morgan fingerprint density at radius 1 is 0.947 bits per heavy atom. The minimum absolute atomic E-state index is 0.0851. The molecule has 5 unspecified atom stereocenters. The summed E-state index contributed by atoms with van der Waals surface area (Å²) in [7, 11) is 2.86. The van der Waals surface area contributed by atoms with Gasteiger partial charge in [0.15, 0.2) is 11.5 Å². The van der Waals surface area contributed by atoms with Gasteiger partial charge in [0.1, 0.15) is 17.5 Å². The molecule has 9 heteroatoms. The highest BCUT2D eigenvalue weighted by Crippen LogP contribution is 2.66. The summed E-state index contributed by atoms with van der Waals surface area (Å²) in [6.45, 7) is 7.81. The Kier molecular flexibility index (Phi) is 6.65. The van der Waals surface area contributed by atoms with Crippen molar-refractivity contribution < 1.29 is 34.3 Å². The SMILES string of the molecule is C=CC1OC(C=C)C2=C1CCC1(C2)C(c2ccc(OC)c(O)c2)OC(c2ccc(N=O)c(OC)c2)C1(O)O. The maximum absolute atomic E-state index is 12.0. The number of nitrogens with zero attached hydrogens (tertiary/aromatic N) is 1. The van der Waals surface area contributed by atoms with Gasteiger partial charge in [0.2, 0.25) is 5.79 Å². The van der Waals surface area contributed by atoms with E-state index in [0.717, 1.165) is 11.1 Å². The van der Waals surface area contributed by atoms with Crippen LogP contribution in [0.15, 0.2) is 78.0 Å². The number of phenolic OH excluding ortho intramolecular Hbond substituents is 1. The zero-order valence-electron chi connectivity index (χ0n) is 21.3. The van der Waals surface area contributed by atoms with Crippen molar-refractivity contribution in [2.24, 2.45) is 10.6 Å². The van der Waals surface area contributed by atoms with Crippen LogP contribution in [0, 0.1) is 10.3 Å². The summed E-state index contributed by atoms with van der Waals surface area (Å²) in [5.41, 5.74) is 1.83. The number of nitroso groups, excluding NO2 is 1. The molecular weight excluding hydrogens is 490 g/mol. The van der Waals surface area contributed by atoms with E-state index in [1.165, 1.54) is 32.4 Å². The predicted molar refractivity (Wildman–Crippen MR) is 139 cm³/mol. The fourth-order valence-electron chi connectivity index (χ4n) is 6.25. The lowest BCUT2D eigenvalue weighted by molar-refractivity contribution is -0.249. The molecule has 5 rings (SSSR count). The molecule has 9 nitrogen and oxygen atoms in total. The van der Waals surface area contributed by atoms with Gasteiger partial charge in [-0.05, 0) is 71.0 Å². The third-order valence-corrected chi connectivity index (χ3v) is 8.15. The number of ether oxygens (including phenoxy) is 4. The molecule has 3 N–H and O–H groups in total. The molecule has 5 atom stereocenters. The molecule has 2 aromatic rings. The standard InChI is InChI=1S/C29H31NO8/c1-5-22-18-11-12-28(15-19(18)23(6-2)37-22)26(16-8-10-24(35-3)21(31)13-16)38-27(29(28,32)33)17-7-9-20(30-34)25(14-17)36-4/h5-10,13-14,22-23,26-27,31-33H,1-2,11-12,15H2,3-4H3. The van der Waals surface area contributed by atoms with Crippen LogP contribution in [0.25, 0.3) is 0 Å². The molecule has 2 aliphatic heterocycles. The summed E-state index contributed by atoms with van der Waals surface area (Å²) in [4.78, 5) is 11.2. The van der Waals surface area contributed by atoms with Gasteiger partial charge in [0.25, 0.3) is 0 Å². The molecule has 0 amide bonds. The molecule has 200 valence electrons. The van der Waals surface area contributed by atoms with Crippen LogP contribution < -0.4 is 9.47 Å². The summed E-state index contributed by atoms with van der Waals surface area (Å²) in [6, 6.07) is 9.43. The Morgan fingerprint density at radius 3 is 2.24 bits per heavy atom. The van der Waals surface area contributed by atoms with Crippen LogP contribution in [0.4, 0.5) is 5.69 Å². The number of rotatable bonds is 7. The van der Waals surface area contributed by atoms with E-state index < -0.39 is 29.5 Å². The third kappa shape index (κ3) is 3.77. The van der Waals surface area contributed by atoms with Crippen LogP contribution in [0.3, 0.4) is 0 Å². The molecule has 2 heterocycles. The Morgan fingerprint density at radius 2 is 1.61 bits per heavy atom. The van der Waals surface area contributed by atoms with E-state index in [4.69, 9.17) is 18.9 Å². The maximum Gasteiger partial charge on any atom is 0.203 e. The summed E-state index contributed by atoms with van der Waals surface area (Å²) in [5, 5.41) is 37.5. The van der Waals surface area contributed by atoms with Crippen LogP contribution in [0.1, 0.15) is 42.6 Å². The van der Waals surface area contributed by atoms with Crippen molar-refractivity contribution in [2.45, 2.75) is 49.5 Å². The largest absolute Gasteiger partial charge is 0.504 e. The topological polar surface area (TPSA) is 127 Å². The van der Waals surface area contributed by atoms with Gasteiger partial charge in [-0.2, -0.15) is 0 Å². The van der Waals surface area contributed by atoms with Gasteiger partial charge in [-0.25, -0.2) is 0 Å². The number of phenols is 1. The molecule has 1 aliphatic carbocycles. The summed E-state index contributed by atoms with van der Waals surface area (Å²) >= 11 is 0. The van der Waals surface area contributed by atoms with Gasteiger partial charge in [-0.3, -0.25) is 0 Å². The summed E-state index contributed by atoms with van der Waals surface area (Å²) in [5.74, 6) is -1.97. The van der Waals surface area contributed by atoms with Gasteiger partial charge >= 0.3 is 0 Å². The first-order valence-electron chi connectivity index (χ1n) is 12.4. The molecule has 0 saturated carbocycles. The van der Waals surface area contributed by atoms with Crippen LogP contribution in [-0.2, 0) is 9.47 Å². The molecule has 0 aromatic heterocycles. The van der Waals surface area contributed by atoms with Crippen LogP contribution in [0.5, 0.6) is 17.2 Å². The van der Waals surface area contributed by atoms with Crippen molar-refractivity contribution in [3.63, 3.8) is 0 Å². The average molecular weight is 522 g/mol. The van der Waals surface area contributed by atoms with Crippen molar-refractivity contribution in [3.05, 3.63) is 88.9 Å². The van der Waals surface area contributed by atoms with Gasteiger partial charge in [-0.15, -0.1) is 18.1 Å². The Bertz CT molecular complexity index is 1320. The third-order valence-electron chi connectivity index (χ3n) is 8.15. The van der Waals surface area contributed by atoms with Crippen molar-refractivity contribution in [1.29, 1.82) is 0 Å². The van der Waals surface area contributed by atoms with Crippen LogP contribution in [-0.4, -0.2) is 47.5 Å². The first kappa shape index (κ1) is 26.1. The fraction of sp³-hybridized carbons (Fsp3) is 0.379. The fourth-order valence-corrected chi connectivity index (χ4v) is 6.25. The van der Waals surface area contributed by atoms with Crippen molar-refractivity contribution >= 4 is 5.69 Å². The van der Waals surface area contributed by atoms with E-state index in [0.29, 0.717) is 24.0 Å². The Balaban J connectivity index is 1.66. The monoisotopic (exact) mass is 521 g/mol. The lowest BCUT2D eigenvalue weighted by Gasteiger charge is -2.45. The number of aliphatic hydroxyl groups is 2. The zero-order valence-corrected chi connectivity index (χ0v) is 21.3. The quantitative estimate of drug-likeness (QED) is 0.267. The number of hydrogen-bond acceptors (Lipinski definition) is 9. The molecule has 0 radical (unpaired) electrons. The van der Waals surface area contributed by atoms with Gasteiger partial charge in [0.05, 0.1) is 37.9 Å². The molecule has 38 heavy (non-hydrogen) atoms. The second-order valence-electron chi connectivity index (χ2n) is 9.91. The van der Waals surface area contributed by atoms with E-state index in [-0.39, 0.29) is 35.5 Å². The average Bonchev–Trinajstić information content (AvgIpc) is 3.39. The van der Waals surface area contributed by atoms with Gasteiger partial charge < -0.3 is 34.3 Å². The van der Waals surface area contributed by atoms with E-state index in [2.05, 4.69) is 18.3 Å². The molecule has 1 spiro atoms. The van der Waals surface area contributed by atoms with E-state index in [1.54, 1.807) is 30.4 Å². The molecule has 1 fully saturated rings. The second-order valence-corrected chi connectivity index (χ2v) is 9.91. The highest BCUT2D eigenvalue weighted by Gasteiger charge is 2.67. The smallest absolute Gasteiger partial charge is 0.203 e. The number of hydrogen-bond donors (Lipinski definition) is 3. The lowest BCUT2D eigenvalue weighted by atomic mass is 9.61. The Labute approximate surface area is 220 Å². The minimum Gasteiger partial charge on any atom is -0.504 e. The normalized spacial score (nSPS) is 29.7. The second kappa shape index (κ2) is 9.67. The maximum atomic E-state index is 12.0. The van der Waals surface area contributed by atoms with E-state index in [1.807, 2.05) is 0 Å².